The quantitative estimate of drug-likeness (QED) is 0.676. The molecule has 4 rings (SSSR count). The molecule has 0 saturated heterocycles. The van der Waals surface area contributed by atoms with Gasteiger partial charge in [-0.1, -0.05) is 42.6 Å². The van der Waals surface area contributed by atoms with Crippen molar-refractivity contribution < 1.29 is 9.32 Å². The predicted molar refractivity (Wildman–Crippen MR) is 107 cm³/mol. The van der Waals surface area contributed by atoms with Crippen LogP contribution in [0.5, 0.6) is 0 Å². The minimum absolute atomic E-state index is 0.0806. The number of nitrogens with one attached hydrogen (secondary N) is 1. The molecule has 1 aliphatic carbocycles. The monoisotopic (exact) mass is 410 g/mol. The highest BCUT2D eigenvalue weighted by atomic mass is 16.5. The molecular weight excluding hydrogens is 388 g/mol. The molecule has 1 aromatic carbocycles. The lowest BCUT2D eigenvalue weighted by molar-refractivity contribution is 0.0883. The number of hydrogen-bond donors (Lipinski definition) is 1. The Bertz CT molecular complexity index is 1160. The molecule has 3 aromatic rings. The van der Waals surface area contributed by atoms with Crippen molar-refractivity contribution in [3.05, 3.63) is 57.1 Å². The number of rotatable bonds is 5. The second-order valence-corrected chi connectivity index (χ2v) is 7.16. The largest absolute Gasteiger partial charge is 0.352 e. The fourth-order valence-corrected chi connectivity index (χ4v) is 3.58. The van der Waals surface area contributed by atoms with Crippen LogP contribution in [0.1, 0.15) is 49.7 Å². The highest BCUT2D eigenvalue weighted by molar-refractivity contribution is 5.90. The van der Waals surface area contributed by atoms with E-state index in [1.807, 2.05) is 6.07 Å². The SMILES string of the molecule is CCn1c(=O)c(-c2noc(C(=O)NC3CCCCC3)n2)nn(-c2ccccc2)c1=O. The van der Waals surface area contributed by atoms with Crippen LogP contribution in [0.3, 0.4) is 0 Å². The van der Waals surface area contributed by atoms with Crippen LogP contribution >= 0.6 is 0 Å². The zero-order chi connectivity index (χ0) is 21.1. The van der Waals surface area contributed by atoms with Crippen LogP contribution in [-0.4, -0.2) is 36.4 Å². The van der Waals surface area contributed by atoms with E-state index in [9.17, 15) is 14.4 Å². The van der Waals surface area contributed by atoms with E-state index in [2.05, 4.69) is 20.6 Å². The van der Waals surface area contributed by atoms with Gasteiger partial charge in [-0.3, -0.25) is 14.2 Å². The molecule has 0 spiro atoms. The van der Waals surface area contributed by atoms with Crippen LogP contribution in [0.2, 0.25) is 0 Å². The lowest BCUT2D eigenvalue weighted by Crippen LogP contribution is -2.41. The third-order valence-corrected chi connectivity index (χ3v) is 5.15. The van der Waals surface area contributed by atoms with Gasteiger partial charge in [0.2, 0.25) is 5.82 Å². The first-order valence-corrected chi connectivity index (χ1v) is 10.0. The molecule has 0 bridgehead atoms. The normalized spacial score (nSPS) is 14.6. The van der Waals surface area contributed by atoms with Gasteiger partial charge in [0, 0.05) is 12.6 Å². The van der Waals surface area contributed by atoms with Crippen LogP contribution in [-0.2, 0) is 6.54 Å². The molecule has 2 aromatic heterocycles. The molecule has 30 heavy (non-hydrogen) atoms. The van der Waals surface area contributed by atoms with E-state index in [-0.39, 0.29) is 30.0 Å². The number of carbonyl (C=O) groups is 1. The Morgan fingerprint density at radius 3 is 2.60 bits per heavy atom. The first kappa shape index (κ1) is 19.7. The summed E-state index contributed by atoms with van der Waals surface area (Å²) >= 11 is 0. The number of amides is 1. The summed E-state index contributed by atoms with van der Waals surface area (Å²) in [4.78, 5) is 41.9. The topological polar surface area (TPSA) is 125 Å². The summed E-state index contributed by atoms with van der Waals surface area (Å²) in [7, 11) is 0. The number of para-hydroxylation sites is 1. The lowest BCUT2D eigenvalue weighted by Gasteiger charge is -2.21. The van der Waals surface area contributed by atoms with Crippen molar-refractivity contribution in [2.45, 2.75) is 51.6 Å². The zero-order valence-electron chi connectivity index (χ0n) is 16.6. The summed E-state index contributed by atoms with van der Waals surface area (Å²) in [6.07, 6.45) is 5.14. The van der Waals surface area contributed by atoms with Gasteiger partial charge >= 0.3 is 17.5 Å². The minimum Gasteiger partial charge on any atom is -0.345 e. The number of nitrogens with zero attached hydrogens (tertiary/aromatic N) is 5. The first-order chi connectivity index (χ1) is 14.6. The Morgan fingerprint density at radius 2 is 1.90 bits per heavy atom. The first-order valence-electron chi connectivity index (χ1n) is 10.0. The third-order valence-electron chi connectivity index (χ3n) is 5.15. The van der Waals surface area contributed by atoms with Gasteiger partial charge in [0.05, 0.1) is 5.69 Å². The third kappa shape index (κ3) is 3.80. The average molecular weight is 410 g/mol. The van der Waals surface area contributed by atoms with Crippen molar-refractivity contribution >= 4 is 5.91 Å². The van der Waals surface area contributed by atoms with Crippen molar-refractivity contribution in [3.8, 4) is 17.2 Å². The highest BCUT2D eigenvalue weighted by Gasteiger charge is 2.24. The van der Waals surface area contributed by atoms with Gasteiger partial charge in [-0.2, -0.15) is 14.8 Å². The van der Waals surface area contributed by atoms with Gasteiger partial charge in [-0.25, -0.2) is 4.79 Å². The van der Waals surface area contributed by atoms with Crippen molar-refractivity contribution in [2.75, 3.05) is 0 Å². The number of hydrogen-bond acceptors (Lipinski definition) is 7. The summed E-state index contributed by atoms with van der Waals surface area (Å²) in [5, 5.41) is 10.8. The van der Waals surface area contributed by atoms with E-state index in [1.165, 1.54) is 6.42 Å². The van der Waals surface area contributed by atoms with Gasteiger partial charge in [-0.15, -0.1) is 0 Å². The summed E-state index contributed by atoms with van der Waals surface area (Å²) < 4.78 is 7.22. The standard InChI is InChI=1S/C20H22N6O4/c1-2-25-19(28)15(23-26(20(25)29)14-11-7-4-8-12-14)16-22-18(30-24-16)17(27)21-13-9-5-3-6-10-13/h4,7-8,11-13H,2-3,5-6,9-10H2,1H3,(H,21,27). The Labute approximate surface area is 171 Å². The molecule has 0 aliphatic heterocycles. The summed E-state index contributed by atoms with van der Waals surface area (Å²) in [5.74, 6) is -0.856. The van der Waals surface area contributed by atoms with E-state index in [1.54, 1.807) is 31.2 Å². The van der Waals surface area contributed by atoms with Crippen LogP contribution in [0, 0.1) is 0 Å². The van der Waals surface area contributed by atoms with Crippen molar-refractivity contribution in [1.29, 1.82) is 0 Å². The molecule has 1 N–H and O–H groups in total. The van der Waals surface area contributed by atoms with E-state index in [0.717, 1.165) is 34.9 Å². The van der Waals surface area contributed by atoms with Crippen LogP contribution in [0.25, 0.3) is 17.2 Å². The smallest absolute Gasteiger partial charge is 0.345 e. The predicted octanol–water partition coefficient (Wildman–Crippen LogP) is 1.53. The van der Waals surface area contributed by atoms with Crippen molar-refractivity contribution in [3.63, 3.8) is 0 Å². The van der Waals surface area contributed by atoms with Crippen LogP contribution < -0.4 is 16.6 Å². The Hall–Kier alpha value is -3.56. The lowest BCUT2D eigenvalue weighted by atomic mass is 9.95. The zero-order valence-corrected chi connectivity index (χ0v) is 16.6. The second-order valence-electron chi connectivity index (χ2n) is 7.16. The highest BCUT2D eigenvalue weighted by Crippen LogP contribution is 2.18. The molecule has 1 fully saturated rings. The maximum atomic E-state index is 12.8. The number of aromatic nitrogens is 5. The molecular formula is C20H22N6O4. The molecule has 2 heterocycles. The Kier molecular flexibility index (Phi) is 5.55. The molecule has 1 saturated carbocycles. The van der Waals surface area contributed by atoms with Gasteiger partial charge < -0.3 is 9.84 Å². The maximum Gasteiger partial charge on any atom is 0.352 e. The molecule has 1 amide bonds. The fraction of sp³-hybridized carbons (Fsp3) is 0.400. The average Bonchev–Trinajstić information content (AvgIpc) is 3.26. The summed E-state index contributed by atoms with van der Waals surface area (Å²) in [6.45, 7) is 1.83. The molecule has 1 aliphatic rings. The van der Waals surface area contributed by atoms with Gasteiger partial charge in [-0.05, 0) is 31.9 Å². The Balaban J connectivity index is 1.70. The molecule has 156 valence electrons. The van der Waals surface area contributed by atoms with Gasteiger partial charge in [0.15, 0.2) is 5.69 Å². The molecule has 0 radical (unpaired) electrons. The minimum atomic E-state index is -0.644. The number of carbonyl (C=O) groups excluding carboxylic acids is 1. The van der Waals surface area contributed by atoms with Crippen molar-refractivity contribution in [2.24, 2.45) is 0 Å². The Morgan fingerprint density at radius 1 is 1.17 bits per heavy atom. The molecule has 0 atom stereocenters. The van der Waals surface area contributed by atoms with E-state index in [4.69, 9.17) is 4.52 Å². The molecule has 10 nitrogen and oxygen atoms in total. The van der Waals surface area contributed by atoms with E-state index >= 15 is 0 Å². The van der Waals surface area contributed by atoms with E-state index < -0.39 is 17.2 Å². The second kappa shape index (κ2) is 8.44. The summed E-state index contributed by atoms with van der Waals surface area (Å²) in [6, 6.07) is 8.79. The van der Waals surface area contributed by atoms with E-state index in [0.29, 0.717) is 5.69 Å². The van der Waals surface area contributed by atoms with Crippen molar-refractivity contribution in [1.82, 2.24) is 29.8 Å². The molecule has 0 unspecified atom stereocenters. The maximum absolute atomic E-state index is 12.8. The van der Waals surface area contributed by atoms with Gasteiger partial charge in [0.25, 0.3) is 5.56 Å². The number of benzene rings is 1. The fourth-order valence-electron chi connectivity index (χ4n) is 3.58. The molecule has 10 heteroatoms. The van der Waals surface area contributed by atoms with Crippen LogP contribution in [0.4, 0.5) is 0 Å². The van der Waals surface area contributed by atoms with Crippen LogP contribution in [0.15, 0.2) is 44.4 Å². The van der Waals surface area contributed by atoms with Gasteiger partial charge in [0.1, 0.15) is 0 Å². The summed E-state index contributed by atoms with van der Waals surface area (Å²) in [5.41, 5.74) is -0.892.